The molecule has 4 aromatic rings. The Labute approximate surface area is 203 Å². The van der Waals surface area contributed by atoms with Gasteiger partial charge in [0.15, 0.2) is 11.5 Å². The summed E-state index contributed by atoms with van der Waals surface area (Å²) in [6, 6.07) is 11.9. The summed E-state index contributed by atoms with van der Waals surface area (Å²) >= 11 is 0. The molecule has 0 amide bonds. The highest BCUT2D eigenvalue weighted by Crippen LogP contribution is 2.35. The average Bonchev–Trinajstić information content (AvgIpc) is 3.58. The van der Waals surface area contributed by atoms with Crippen LogP contribution in [0.3, 0.4) is 0 Å². The van der Waals surface area contributed by atoms with E-state index in [4.69, 9.17) is 9.52 Å². The molecular formula is C26H28N6O3. The molecule has 180 valence electrons. The summed E-state index contributed by atoms with van der Waals surface area (Å²) in [6.45, 7) is 6.77. The van der Waals surface area contributed by atoms with Crippen molar-refractivity contribution in [2.75, 3.05) is 23.3 Å². The summed E-state index contributed by atoms with van der Waals surface area (Å²) in [6.07, 6.45) is 9.19. The zero-order valence-electron chi connectivity index (χ0n) is 19.8. The monoisotopic (exact) mass is 472 g/mol. The lowest BCUT2D eigenvalue weighted by Crippen LogP contribution is -2.56. The van der Waals surface area contributed by atoms with Crippen molar-refractivity contribution in [1.82, 2.24) is 19.3 Å². The number of hydrogen-bond donors (Lipinski definition) is 2. The van der Waals surface area contributed by atoms with Gasteiger partial charge >= 0.3 is 5.97 Å². The highest BCUT2D eigenvalue weighted by atomic mass is 16.4. The van der Waals surface area contributed by atoms with Crippen LogP contribution < -0.4 is 10.2 Å². The first kappa shape index (κ1) is 21.7. The Morgan fingerprint density at radius 2 is 1.89 bits per heavy atom. The number of carboxylic acid groups (broad SMARTS) is 1. The second kappa shape index (κ2) is 8.42. The number of rotatable bonds is 6. The van der Waals surface area contributed by atoms with Crippen LogP contribution in [0.5, 0.6) is 0 Å². The fraction of sp³-hybridized carbons (Fsp3) is 0.346. The number of imidazole rings is 1. The Morgan fingerprint density at radius 3 is 2.54 bits per heavy atom. The molecule has 6 rings (SSSR count). The number of hydrogen-bond acceptors (Lipinski definition) is 7. The van der Waals surface area contributed by atoms with E-state index in [-0.39, 0.29) is 5.76 Å². The molecule has 1 aromatic carbocycles. The molecule has 0 aliphatic carbocycles. The van der Waals surface area contributed by atoms with Crippen molar-refractivity contribution in [2.24, 2.45) is 0 Å². The summed E-state index contributed by atoms with van der Waals surface area (Å²) < 4.78 is 7.01. The standard InChI is InChI=1S/C26H28N6O3/c1-16(2)32-20-7-8-21(32)14-30(13-20)19-5-3-18(4-6-19)29-24-25-27-9-10-31(25)22(12-28-24)17-11-23(26(33)34)35-15-17/h3-6,9-12,15-16,20-21H,7-8,13-14H2,1-2H3,(H,28,29)(H,33,34). The van der Waals surface area contributed by atoms with E-state index >= 15 is 0 Å². The second-order valence-electron chi connectivity index (χ2n) is 9.62. The maximum Gasteiger partial charge on any atom is 0.371 e. The zero-order valence-corrected chi connectivity index (χ0v) is 19.8. The third-order valence-corrected chi connectivity index (χ3v) is 7.16. The van der Waals surface area contributed by atoms with Crippen molar-refractivity contribution >= 4 is 28.8 Å². The van der Waals surface area contributed by atoms with E-state index in [1.165, 1.54) is 30.9 Å². The predicted octanol–water partition coefficient (Wildman–Crippen LogP) is 4.49. The highest BCUT2D eigenvalue weighted by molar-refractivity contribution is 5.86. The van der Waals surface area contributed by atoms with Gasteiger partial charge in [-0.15, -0.1) is 0 Å². The molecule has 35 heavy (non-hydrogen) atoms. The Hall–Kier alpha value is -3.85. The van der Waals surface area contributed by atoms with Gasteiger partial charge in [-0.05, 0) is 51.0 Å². The first-order chi connectivity index (χ1) is 17.0. The largest absolute Gasteiger partial charge is 0.475 e. The van der Waals surface area contributed by atoms with Crippen LogP contribution in [0.2, 0.25) is 0 Å². The third kappa shape index (κ3) is 3.81. The van der Waals surface area contributed by atoms with Gasteiger partial charge in [0.05, 0.1) is 11.9 Å². The summed E-state index contributed by atoms with van der Waals surface area (Å²) in [5.74, 6) is -0.603. The number of aromatic nitrogens is 3. The van der Waals surface area contributed by atoms with E-state index in [0.29, 0.717) is 40.8 Å². The summed E-state index contributed by atoms with van der Waals surface area (Å²) in [4.78, 5) is 25.4. The molecule has 3 aromatic heterocycles. The predicted molar refractivity (Wildman–Crippen MR) is 133 cm³/mol. The first-order valence-corrected chi connectivity index (χ1v) is 12.0. The quantitative estimate of drug-likeness (QED) is 0.423. The number of carboxylic acids is 1. The maximum absolute atomic E-state index is 11.2. The van der Waals surface area contributed by atoms with Crippen LogP contribution in [0.4, 0.5) is 17.2 Å². The van der Waals surface area contributed by atoms with Gasteiger partial charge in [-0.2, -0.15) is 0 Å². The van der Waals surface area contributed by atoms with Gasteiger partial charge in [-0.3, -0.25) is 9.30 Å². The van der Waals surface area contributed by atoms with Crippen LogP contribution in [0.15, 0.2) is 59.6 Å². The first-order valence-electron chi connectivity index (χ1n) is 12.0. The van der Waals surface area contributed by atoms with Crippen molar-refractivity contribution in [3.8, 4) is 11.3 Å². The number of carbonyl (C=O) groups is 1. The SMILES string of the molecule is CC(C)N1C2CCC1CN(c1ccc(Nc3ncc(-c4coc(C(=O)O)c4)n4ccnc34)cc1)C2. The van der Waals surface area contributed by atoms with Crippen LogP contribution in [-0.2, 0) is 0 Å². The Kier molecular flexibility index (Phi) is 5.21. The highest BCUT2D eigenvalue weighted by Gasteiger charge is 2.40. The van der Waals surface area contributed by atoms with Crippen molar-refractivity contribution in [3.05, 3.63) is 60.9 Å². The number of fused-ring (bicyclic) bond motifs is 3. The van der Waals surface area contributed by atoms with Crippen molar-refractivity contribution < 1.29 is 14.3 Å². The number of nitrogens with zero attached hydrogens (tertiary/aromatic N) is 5. The number of furan rings is 1. The smallest absolute Gasteiger partial charge is 0.371 e. The second-order valence-corrected chi connectivity index (χ2v) is 9.62. The van der Waals surface area contributed by atoms with Crippen LogP contribution in [0.1, 0.15) is 37.2 Å². The van der Waals surface area contributed by atoms with Gasteiger partial charge in [0.1, 0.15) is 6.26 Å². The molecular weight excluding hydrogens is 444 g/mol. The molecule has 2 atom stereocenters. The molecule has 5 heterocycles. The summed E-state index contributed by atoms with van der Waals surface area (Å²) in [5.41, 5.74) is 4.15. The molecule has 0 radical (unpaired) electrons. The van der Waals surface area contributed by atoms with E-state index in [2.05, 4.69) is 63.2 Å². The number of anilines is 3. The molecule has 2 fully saturated rings. The van der Waals surface area contributed by atoms with Gasteiger partial charge in [0.25, 0.3) is 0 Å². The van der Waals surface area contributed by atoms with Crippen LogP contribution >= 0.6 is 0 Å². The normalized spacial score (nSPS) is 20.1. The van der Waals surface area contributed by atoms with Gasteiger partial charge in [0, 0.05) is 66.6 Å². The van der Waals surface area contributed by atoms with E-state index in [0.717, 1.165) is 18.8 Å². The Balaban J connectivity index is 1.21. The number of piperazine rings is 1. The Morgan fingerprint density at radius 1 is 1.14 bits per heavy atom. The summed E-state index contributed by atoms with van der Waals surface area (Å²) in [5, 5.41) is 12.5. The molecule has 2 bridgehead atoms. The lowest BCUT2D eigenvalue weighted by molar-refractivity contribution is 0.0662. The van der Waals surface area contributed by atoms with E-state index < -0.39 is 5.97 Å². The topological polar surface area (TPSA) is 99.1 Å². The molecule has 2 saturated heterocycles. The van der Waals surface area contributed by atoms with Crippen LogP contribution in [0, 0.1) is 0 Å². The molecule has 2 N–H and O–H groups in total. The minimum Gasteiger partial charge on any atom is -0.475 e. The van der Waals surface area contributed by atoms with Crippen LogP contribution in [0.25, 0.3) is 16.9 Å². The van der Waals surface area contributed by atoms with Crippen molar-refractivity contribution in [1.29, 1.82) is 0 Å². The zero-order chi connectivity index (χ0) is 24.1. The molecule has 0 spiro atoms. The number of benzene rings is 1. The van der Waals surface area contributed by atoms with E-state index in [1.54, 1.807) is 12.4 Å². The molecule has 2 unspecified atom stereocenters. The molecule has 9 nitrogen and oxygen atoms in total. The van der Waals surface area contributed by atoms with Gasteiger partial charge in [-0.1, -0.05) is 0 Å². The van der Waals surface area contributed by atoms with Gasteiger partial charge in [-0.25, -0.2) is 14.8 Å². The van der Waals surface area contributed by atoms with Gasteiger partial charge in [0.2, 0.25) is 5.76 Å². The fourth-order valence-corrected chi connectivity index (χ4v) is 5.69. The minimum absolute atomic E-state index is 0.116. The van der Waals surface area contributed by atoms with Crippen molar-refractivity contribution in [2.45, 2.75) is 44.8 Å². The fourth-order valence-electron chi connectivity index (χ4n) is 5.69. The minimum atomic E-state index is -1.11. The number of nitrogens with one attached hydrogen (secondary N) is 1. The molecule has 9 heteroatoms. The van der Waals surface area contributed by atoms with Crippen LogP contribution in [-0.4, -0.2) is 61.6 Å². The lowest BCUT2D eigenvalue weighted by Gasteiger charge is -2.44. The third-order valence-electron chi connectivity index (χ3n) is 7.16. The Bertz CT molecular complexity index is 1360. The maximum atomic E-state index is 11.2. The lowest BCUT2D eigenvalue weighted by atomic mass is 10.1. The van der Waals surface area contributed by atoms with Gasteiger partial charge < -0.3 is 19.7 Å². The molecule has 2 aliphatic heterocycles. The number of aromatic carboxylic acids is 1. The van der Waals surface area contributed by atoms with Crippen molar-refractivity contribution in [3.63, 3.8) is 0 Å². The molecule has 2 aliphatic rings. The molecule has 0 saturated carbocycles. The summed E-state index contributed by atoms with van der Waals surface area (Å²) in [7, 11) is 0. The van der Waals surface area contributed by atoms with E-state index in [1.807, 2.05) is 10.6 Å². The van der Waals surface area contributed by atoms with E-state index in [9.17, 15) is 4.79 Å². The average molecular weight is 473 g/mol.